The van der Waals surface area contributed by atoms with Crippen LogP contribution in [0.1, 0.15) is 35.1 Å². The lowest BCUT2D eigenvalue weighted by molar-refractivity contribution is 0.240. The molecule has 3 aromatic carbocycles. The predicted octanol–water partition coefficient (Wildman–Crippen LogP) is 6.12. The van der Waals surface area contributed by atoms with Crippen LogP contribution in [-0.2, 0) is 10.0 Å². The number of hydrogen-bond acceptors (Lipinski definition) is 5. The summed E-state index contributed by atoms with van der Waals surface area (Å²) in [6, 6.07) is 21.4. The lowest BCUT2D eigenvalue weighted by Gasteiger charge is -2.38. The Labute approximate surface area is 211 Å². The van der Waals surface area contributed by atoms with Gasteiger partial charge in [-0.25, -0.2) is 8.42 Å². The van der Waals surface area contributed by atoms with E-state index in [1.54, 1.807) is 12.1 Å². The van der Waals surface area contributed by atoms with Crippen LogP contribution in [0.3, 0.4) is 0 Å². The van der Waals surface area contributed by atoms with E-state index in [-0.39, 0.29) is 16.9 Å². The largest absolute Gasteiger partial charge is 0.489 e. The first-order valence-electron chi connectivity index (χ1n) is 12.0. The number of hydrogen-bond donors (Lipinski definition) is 2. The molecule has 0 amide bonds. The molecule has 2 aliphatic heterocycles. The van der Waals surface area contributed by atoms with E-state index < -0.39 is 10.0 Å². The van der Waals surface area contributed by atoms with Crippen LogP contribution in [0.4, 0.5) is 11.4 Å². The number of aryl methyl sites for hydroxylation is 1. The summed E-state index contributed by atoms with van der Waals surface area (Å²) in [5.41, 5.74) is 4.71. The van der Waals surface area contributed by atoms with Crippen LogP contribution in [0.25, 0.3) is 0 Å². The van der Waals surface area contributed by atoms with Gasteiger partial charge in [-0.3, -0.25) is 4.72 Å². The maximum absolute atomic E-state index is 13.2. The summed E-state index contributed by atoms with van der Waals surface area (Å²) in [5.74, 6) is 3.51. The van der Waals surface area contributed by atoms with Gasteiger partial charge >= 0.3 is 0 Å². The second-order valence-electron chi connectivity index (χ2n) is 9.49. The highest BCUT2D eigenvalue weighted by molar-refractivity contribution is 8.00. The summed E-state index contributed by atoms with van der Waals surface area (Å²) < 4.78 is 35.3. The highest BCUT2D eigenvalue weighted by atomic mass is 32.2. The third kappa shape index (κ3) is 4.32. The van der Waals surface area contributed by atoms with Crippen molar-refractivity contribution in [3.05, 3.63) is 95.6 Å². The van der Waals surface area contributed by atoms with E-state index in [1.807, 2.05) is 55.1 Å². The topological polar surface area (TPSA) is 67.4 Å². The molecule has 0 saturated carbocycles. The number of sulfonamides is 1. The smallest absolute Gasteiger partial charge is 0.261 e. The van der Waals surface area contributed by atoms with Crippen LogP contribution in [-0.4, -0.2) is 26.0 Å². The summed E-state index contributed by atoms with van der Waals surface area (Å²) in [6.07, 6.45) is 5.71. The van der Waals surface area contributed by atoms with Crippen molar-refractivity contribution in [2.45, 2.75) is 36.3 Å². The van der Waals surface area contributed by atoms with E-state index >= 15 is 0 Å². The van der Waals surface area contributed by atoms with E-state index in [9.17, 15) is 8.42 Å². The molecule has 0 spiro atoms. The molecule has 35 heavy (non-hydrogen) atoms. The Kier molecular flexibility index (Phi) is 5.77. The zero-order valence-corrected chi connectivity index (χ0v) is 21.1. The van der Waals surface area contributed by atoms with Crippen molar-refractivity contribution in [3.8, 4) is 5.75 Å². The monoisotopic (exact) mass is 504 g/mol. The third-order valence-corrected chi connectivity index (χ3v) is 9.74. The molecule has 0 bridgehead atoms. The van der Waals surface area contributed by atoms with Crippen molar-refractivity contribution in [3.63, 3.8) is 0 Å². The number of benzene rings is 3. The zero-order valence-electron chi connectivity index (χ0n) is 19.5. The molecule has 0 radical (unpaired) electrons. The number of para-hydroxylation sites is 1. The number of nitrogens with one attached hydrogen (secondary N) is 2. The Morgan fingerprint density at radius 2 is 1.89 bits per heavy atom. The second kappa shape index (κ2) is 8.95. The van der Waals surface area contributed by atoms with Gasteiger partial charge in [0.25, 0.3) is 10.0 Å². The van der Waals surface area contributed by atoms with Crippen molar-refractivity contribution in [2.24, 2.45) is 5.92 Å². The first-order valence-corrected chi connectivity index (χ1v) is 14.6. The molecule has 180 valence electrons. The molecule has 3 aliphatic rings. The molecular weight excluding hydrogens is 476 g/mol. The summed E-state index contributed by atoms with van der Waals surface area (Å²) in [7, 11) is -3.70. The van der Waals surface area contributed by atoms with E-state index in [1.165, 1.54) is 5.56 Å². The van der Waals surface area contributed by atoms with E-state index in [2.05, 4.69) is 40.4 Å². The van der Waals surface area contributed by atoms with Crippen LogP contribution in [0.2, 0.25) is 0 Å². The molecule has 0 unspecified atom stereocenters. The predicted molar refractivity (Wildman–Crippen MR) is 143 cm³/mol. The number of ether oxygens (including phenoxy) is 1. The normalized spacial score (nSPS) is 23.1. The Balaban J connectivity index is 1.30. The van der Waals surface area contributed by atoms with Gasteiger partial charge in [-0.15, -0.1) is 0 Å². The molecule has 5 nitrogen and oxygen atoms in total. The fourth-order valence-electron chi connectivity index (χ4n) is 5.22. The zero-order chi connectivity index (χ0) is 24.0. The molecule has 7 heteroatoms. The first kappa shape index (κ1) is 22.6. The quantitative estimate of drug-likeness (QED) is 0.396. The fourth-order valence-corrected chi connectivity index (χ4v) is 6.95. The Morgan fingerprint density at radius 1 is 1.03 bits per heavy atom. The van der Waals surface area contributed by atoms with Gasteiger partial charge in [0.2, 0.25) is 0 Å². The average Bonchev–Trinajstić information content (AvgIpc) is 3.33. The first-order chi connectivity index (χ1) is 17.0. The maximum Gasteiger partial charge on any atom is 0.261 e. The van der Waals surface area contributed by atoms with E-state index in [4.69, 9.17) is 4.74 Å². The van der Waals surface area contributed by atoms with E-state index in [0.29, 0.717) is 17.7 Å². The van der Waals surface area contributed by atoms with Crippen molar-refractivity contribution in [1.29, 1.82) is 0 Å². The third-order valence-electron chi connectivity index (χ3n) is 7.16. The Hall–Kier alpha value is -2.90. The molecular formula is C28H28N2O3S2. The fraction of sp³-hybridized carbons (Fsp3) is 0.286. The molecule has 2 heterocycles. The molecule has 1 fully saturated rings. The van der Waals surface area contributed by atoms with Gasteiger partial charge in [0.1, 0.15) is 11.9 Å². The molecule has 2 N–H and O–H groups in total. The molecule has 0 aromatic heterocycles. The van der Waals surface area contributed by atoms with Gasteiger partial charge in [0.15, 0.2) is 0 Å². The summed E-state index contributed by atoms with van der Waals surface area (Å²) in [4.78, 5) is 0.285. The van der Waals surface area contributed by atoms with Crippen LogP contribution in [0, 0.1) is 12.8 Å². The minimum absolute atomic E-state index is 0.134. The molecule has 6 rings (SSSR count). The van der Waals surface area contributed by atoms with Gasteiger partial charge < -0.3 is 10.1 Å². The SMILES string of the molecule is Cc1ccccc1NS(=O)(=O)c1ccc2c(c1)[C@H]1C=CC[C@H]1[C@@H](c1cccc(OC3CSC3)c1)N2. The molecule has 3 aromatic rings. The van der Waals surface area contributed by atoms with Gasteiger partial charge in [0.05, 0.1) is 16.6 Å². The van der Waals surface area contributed by atoms with Gasteiger partial charge in [-0.1, -0.05) is 42.5 Å². The summed E-state index contributed by atoms with van der Waals surface area (Å²) in [5, 5.41) is 3.72. The minimum Gasteiger partial charge on any atom is -0.489 e. The number of rotatable bonds is 6. The van der Waals surface area contributed by atoms with Crippen LogP contribution in [0.5, 0.6) is 5.75 Å². The average molecular weight is 505 g/mol. The summed E-state index contributed by atoms with van der Waals surface area (Å²) in [6.45, 7) is 1.90. The van der Waals surface area contributed by atoms with Crippen molar-refractivity contribution in [1.82, 2.24) is 0 Å². The number of fused-ring (bicyclic) bond motifs is 3. The molecule has 3 atom stereocenters. The van der Waals surface area contributed by atoms with Crippen LogP contribution >= 0.6 is 11.8 Å². The standard InChI is InChI=1S/C28H28N2O3S2/c1-18-6-2-3-11-26(18)30-35(31,32)22-12-13-27-25(15-22)23-9-5-10-24(23)28(29-27)19-7-4-8-20(14-19)33-21-16-34-17-21/h2-9,11-15,21,23-24,28-30H,10,16-17H2,1H3/t23-,24+,28+/m0/s1. The number of anilines is 2. The lowest BCUT2D eigenvalue weighted by atomic mass is 9.77. The van der Waals surface area contributed by atoms with E-state index in [0.717, 1.165) is 40.5 Å². The lowest BCUT2D eigenvalue weighted by Crippen LogP contribution is -2.31. The van der Waals surface area contributed by atoms with Gasteiger partial charge in [0, 0.05) is 23.1 Å². The van der Waals surface area contributed by atoms with Crippen molar-refractivity contribution >= 4 is 33.2 Å². The Bertz CT molecular complexity index is 1400. The Morgan fingerprint density at radius 3 is 2.69 bits per heavy atom. The number of thioether (sulfide) groups is 1. The minimum atomic E-state index is -3.70. The number of allylic oxidation sites excluding steroid dienone is 2. The molecule has 1 saturated heterocycles. The van der Waals surface area contributed by atoms with Crippen LogP contribution < -0.4 is 14.8 Å². The van der Waals surface area contributed by atoms with Gasteiger partial charge in [-0.05, 0) is 72.4 Å². The summed E-state index contributed by atoms with van der Waals surface area (Å²) >= 11 is 1.91. The molecule has 1 aliphatic carbocycles. The van der Waals surface area contributed by atoms with Crippen LogP contribution in [0.15, 0.2) is 83.8 Å². The van der Waals surface area contributed by atoms with Crippen molar-refractivity contribution < 1.29 is 13.2 Å². The highest BCUT2D eigenvalue weighted by Gasteiger charge is 2.38. The second-order valence-corrected chi connectivity index (χ2v) is 12.3. The van der Waals surface area contributed by atoms with Crippen molar-refractivity contribution in [2.75, 3.05) is 21.5 Å². The van der Waals surface area contributed by atoms with Gasteiger partial charge in [-0.2, -0.15) is 11.8 Å². The highest BCUT2D eigenvalue weighted by Crippen LogP contribution is 2.50. The maximum atomic E-state index is 13.2.